The summed E-state index contributed by atoms with van der Waals surface area (Å²) in [7, 11) is 1.66. The van der Waals surface area contributed by atoms with Gasteiger partial charge in [-0.15, -0.1) is 5.10 Å². The molecule has 1 aromatic carbocycles. The van der Waals surface area contributed by atoms with Crippen molar-refractivity contribution in [1.29, 1.82) is 0 Å². The Labute approximate surface area is 160 Å². The molecule has 7 heteroatoms. The van der Waals surface area contributed by atoms with Crippen LogP contribution >= 0.6 is 22.6 Å². The normalized spacial score (nSPS) is 11.0. The first-order chi connectivity index (χ1) is 12.2. The lowest BCUT2D eigenvalue weighted by Gasteiger charge is -2.06. The molecule has 2 aromatic heterocycles. The predicted molar refractivity (Wildman–Crippen MR) is 104 cm³/mol. The second-order valence-corrected chi connectivity index (χ2v) is 6.43. The minimum Gasteiger partial charge on any atom is -0.491 e. The van der Waals surface area contributed by atoms with E-state index in [1.165, 1.54) is 0 Å². The maximum atomic E-state index is 5.61. The molecule has 3 aromatic rings. The van der Waals surface area contributed by atoms with Gasteiger partial charge in [-0.3, -0.25) is 0 Å². The molecular formula is C18H20IN3O3. The lowest BCUT2D eigenvalue weighted by atomic mass is 10.2. The van der Waals surface area contributed by atoms with Gasteiger partial charge in [-0.25, -0.2) is 9.50 Å². The van der Waals surface area contributed by atoms with E-state index in [4.69, 9.17) is 14.2 Å². The molecule has 0 saturated heterocycles. The average molecular weight is 453 g/mol. The molecule has 0 saturated carbocycles. The van der Waals surface area contributed by atoms with Crippen molar-refractivity contribution in [3.05, 3.63) is 40.1 Å². The summed E-state index contributed by atoms with van der Waals surface area (Å²) in [4.78, 5) is 4.69. The monoisotopic (exact) mass is 453 g/mol. The highest BCUT2D eigenvalue weighted by molar-refractivity contribution is 14.1. The van der Waals surface area contributed by atoms with Crippen molar-refractivity contribution in [2.24, 2.45) is 0 Å². The molecule has 0 aliphatic carbocycles. The number of nitrogens with zero attached hydrogens (tertiary/aromatic N) is 3. The number of ether oxygens (including phenoxy) is 3. The van der Waals surface area contributed by atoms with Gasteiger partial charge < -0.3 is 14.2 Å². The summed E-state index contributed by atoms with van der Waals surface area (Å²) in [6, 6.07) is 11.7. The number of benzene rings is 1. The smallest absolute Gasteiger partial charge is 0.231 e. The number of rotatable bonds is 8. The topological polar surface area (TPSA) is 57.9 Å². The quantitative estimate of drug-likeness (QED) is 0.384. The highest BCUT2D eigenvalue weighted by atomic mass is 127. The van der Waals surface area contributed by atoms with Crippen molar-refractivity contribution in [2.75, 3.05) is 26.9 Å². The van der Waals surface area contributed by atoms with E-state index in [9.17, 15) is 0 Å². The largest absolute Gasteiger partial charge is 0.491 e. The van der Waals surface area contributed by atoms with Crippen LogP contribution in [-0.4, -0.2) is 41.5 Å². The number of imidazole rings is 1. The molecule has 0 spiro atoms. The SMILES string of the molecule is CCCOc1ccc2nc(-c3ccc(OCCOC)cc3)c(I)n2n1. The minimum absolute atomic E-state index is 0.534. The molecule has 0 unspecified atom stereocenters. The van der Waals surface area contributed by atoms with Gasteiger partial charge in [0.15, 0.2) is 5.65 Å². The van der Waals surface area contributed by atoms with Crippen LogP contribution in [0.2, 0.25) is 0 Å². The number of aromatic nitrogens is 3. The first-order valence-electron chi connectivity index (χ1n) is 8.13. The fourth-order valence-electron chi connectivity index (χ4n) is 2.31. The molecule has 0 bridgehead atoms. The van der Waals surface area contributed by atoms with Gasteiger partial charge in [0.1, 0.15) is 21.8 Å². The molecular weight excluding hydrogens is 433 g/mol. The van der Waals surface area contributed by atoms with Crippen LogP contribution in [0.25, 0.3) is 16.9 Å². The Morgan fingerprint density at radius 2 is 1.80 bits per heavy atom. The fraction of sp³-hybridized carbons (Fsp3) is 0.333. The van der Waals surface area contributed by atoms with E-state index < -0.39 is 0 Å². The van der Waals surface area contributed by atoms with Crippen molar-refractivity contribution >= 4 is 28.2 Å². The third-order valence-electron chi connectivity index (χ3n) is 3.54. The number of hydrogen-bond acceptors (Lipinski definition) is 5. The summed E-state index contributed by atoms with van der Waals surface area (Å²) < 4.78 is 18.9. The van der Waals surface area contributed by atoms with Crippen molar-refractivity contribution in [2.45, 2.75) is 13.3 Å². The van der Waals surface area contributed by atoms with Crippen LogP contribution in [0.5, 0.6) is 11.6 Å². The van der Waals surface area contributed by atoms with E-state index in [-0.39, 0.29) is 0 Å². The third kappa shape index (κ3) is 4.21. The van der Waals surface area contributed by atoms with Gasteiger partial charge in [-0.1, -0.05) is 6.92 Å². The van der Waals surface area contributed by atoms with E-state index in [0.29, 0.717) is 25.7 Å². The minimum atomic E-state index is 0.534. The standard InChI is InChI=1S/C18H20IN3O3/c1-3-10-25-16-9-8-15-20-17(18(19)22(15)21-16)13-4-6-14(7-5-13)24-12-11-23-2/h4-9H,3,10-12H2,1-2H3. The highest BCUT2D eigenvalue weighted by Gasteiger charge is 2.13. The Kier molecular flexibility index (Phi) is 6.09. The van der Waals surface area contributed by atoms with E-state index in [1.54, 1.807) is 7.11 Å². The Bertz CT molecular complexity index is 833. The van der Waals surface area contributed by atoms with E-state index in [0.717, 1.165) is 32.8 Å². The molecule has 0 N–H and O–H groups in total. The zero-order chi connectivity index (χ0) is 17.6. The molecule has 132 valence electrons. The molecule has 0 fully saturated rings. The number of fused-ring (bicyclic) bond motifs is 1. The Morgan fingerprint density at radius 1 is 1.00 bits per heavy atom. The predicted octanol–water partition coefficient (Wildman–Crippen LogP) is 3.81. The molecule has 0 aliphatic heterocycles. The Hall–Kier alpha value is -1.87. The summed E-state index contributed by atoms with van der Waals surface area (Å²) in [5, 5.41) is 4.51. The maximum Gasteiger partial charge on any atom is 0.231 e. The van der Waals surface area contributed by atoms with E-state index in [2.05, 4.69) is 39.6 Å². The summed E-state index contributed by atoms with van der Waals surface area (Å²) in [5.74, 6) is 1.42. The first kappa shape index (κ1) is 17.9. The van der Waals surface area contributed by atoms with Crippen LogP contribution in [0.3, 0.4) is 0 Å². The summed E-state index contributed by atoms with van der Waals surface area (Å²) in [6.07, 6.45) is 0.949. The summed E-state index contributed by atoms with van der Waals surface area (Å²) in [5.41, 5.74) is 2.71. The third-order valence-corrected chi connectivity index (χ3v) is 4.50. The zero-order valence-corrected chi connectivity index (χ0v) is 16.4. The number of hydrogen-bond donors (Lipinski definition) is 0. The second kappa shape index (κ2) is 8.48. The molecule has 25 heavy (non-hydrogen) atoms. The lowest BCUT2D eigenvalue weighted by molar-refractivity contribution is 0.146. The van der Waals surface area contributed by atoms with Gasteiger partial charge in [0.2, 0.25) is 5.88 Å². The van der Waals surface area contributed by atoms with E-state index in [1.807, 2.05) is 40.9 Å². The first-order valence-corrected chi connectivity index (χ1v) is 9.21. The van der Waals surface area contributed by atoms with Crippen LogP contribution in [0.4, 0.5) is 0 Å². The Balaban J connectivity index is 1.84. The molecule has 2 heterocycles. The van der Waals surface area contributed by atoms with E-state index >= 15 is 0 Å². The van der Waals surface area contributed by atoms with Crippen LogP contribution in [-0.2, 0) is 4.74 Å². The lowest BCUT2D eigenvalue weighted by Crippen LogP contribution is -2.03. The van der Waals surface area contributed by atoms with Crippen molar-refractivity contribution in [3.63, 3.8) is 0 Å². The average Bonchev–Trinajstić information content (AvgIpc) is 2.97. The van der Waals surface area contributed by atoms with Crippen LogP contribution < -0.4 is 9.47 Å². The molecule has 0 aliphatic rings. The van der Waals surface area contributed by atoms with Gasteiger partial charge in [-0.05, 0) is 59.3 Å². The molecule has 0 amide bonds. The van der Waals surface area contributed by atoms with Crippen LogP contribution in [0.15, 0.2) is 36.4 Å². The van der Waals surface area contributed by atoms with Gasteiger partial charge in [0.25, 0.3) is 0 Å². The van der Waals surface area contributed by atoms with Crippen LogP contribution in [0.1, 0.15) is 13.3 Å². The maximum absolute atomic E-state index is 5.61. The second-order valence-electron chi connectivity index (χ2n) is 5.41. The Morgan fingerprint density at radius 3 is 2.52 bits per heavy atom. The van der Waals surface area contributed by atoms with Crippen molar-refractivity contribution in [3.8, 4) is 22.9 Å². The molecule has 0 radical (unpaired) electrons. The fourth-order valence-corrected chi connectivity index (χ4v) is 3.10. The van der Waals surface area contributed by atoms with Crippen molar-refractivity contribution < 1.29 is 14.2 Å². The molecule has 6 nitrogen and oxygen atoms in total. The zero-order valence-electron chi connectivity index (χ0n) is 14.2. The van der Waals surface area contributed by atoms with Gasteiger partial charge in [-0.2, -0.15) is 0 Å². The summed E-state index contributed by atoms with van der Waals surface area (Å²) >= 11 is 2.26. The van der Waals surface area contributed by atoms with Crippen molar-refractivity contribution in [1.82, 2.24) is 14.6 Å². The van der Waals surface area contributed by atoms with Gasteiger partial charge in [0, 0.05) is 18.7 Å². The van der Waals surface area contributed by atoms with Gasteiger partial charge in [0.05, 0.1) is 13.2 Å². The van der Waals surface area contributed by atoms with Gasteiger partial charge >= 0.3 is 0 Å². The van der Waals surface area contributed by atoms with Crippen LogP contribution in [0, 0.1) is 3.70 Å². The number of halogens is 1. The summed E-state index contributed by atoms with van der Waals surface area (Å²) in [6.45, 7) is 3.83. The highest BCUT2D eigenvalue weighted by Crippen LogP contribution is 2.27. The molecule has 3 rings (SSSR count). The number of methoxy groups -OCH3 is 1. The molecule has 0 atom stereocenters.